The molecule has 0 aliphatic heterocycles. The van der Waals surface area contributed by atoms with Gasteiger partial charge in [0, 0.05) is 6.04 Å². The molecule has 2 atom stereocenters. The van der Waals surface area contributed by atoms with Gasteiger partial charge in [-0.3, -0.25) is 4.79 Å². The van der Waals surface area contributed by atoms with Crippen molar-refractivity contribution < 1.29 is 9.90 Å². The van der Waals surface area contributed by atoms with E-state index in [-0.39, 0.29) is 12.0 Å². The van der Waals surface area contributed by atoms with Crippen LogP contribution in [0.25, 0.3) is 0 Å². The Hall–Kier alpha value is -0.570. The van der Waals surface area contributed by atoms with Crippen molar-refractivity contribution in [3.05, 3.63) is 0 Å². The van der Waals surface area contributed by atoms with Gasteiger partial charge in [-0.05, 0) is 37.5 Å². The van der Waals surface area contributed by atoms with Gasteiger partial charge in [-0.15, -0.1) is 0 Å². The zero-order valence-electron chi connectivity index (χ0n) is 7.07. The number of nitrogens with two attached hydrogens (primary N) is 1. The fraction of sp³-hybridized carbons (Fsp3) is 0.889. The van der Waals surface area contributed by atoms with Gasteiger partial charge in [-0.25, -0.2) is 0 Å². The minimum absolute atomic E-state index is 0.0741. The summed E-state index contributed by atoms with van der Waals surface area (Å²) in [6.07, 6.45) is 4.45. The summed E-state index contributed by atoms with van der Waals surface area (Å²) < 4.78 is 0. The molecular weight excluding hydrogens is 154 g/mol. The molecule has 3 aliphatic rings. The average molecular weight is 169 g/mol. The van der Waals surface area contributed by atoms with Crippen LogP contribution in [0.3, 0.4) is 0 Å². The van der Waals surface area contributed by atoms with Crippen LogP contribution in [0.15, 0.2) is 0 Å². The second-order valence-electron chi connectivity index (χ2n) is 4.12. The molecule has 3 aliphatic carbocycles. The molecule has 0 heterocycles. The van der Waals surface area contributed by atoms with Crippen LogP contribution < -0.4 is 5.73 Å². The van der Waals surface area contributed by atoms with Crippen LogP contribution >= 0.6 is 0 Å². The number of rotatable bonds is 1. The lowest BCUT2D eigenvalue weighted by atomic mass is 9.62. The molecule has 0 spiro atoms. The molecule has 3 saturated carbocycles. The van der Waals surface area contributed by atoms with Crippen molar-refractivity contribution in [1.29, 1.82) is 0 Å². The van der Waals surface area contributed by atoms with Gasteiger partial charge in [0.2, 0.25) is 0 Å². The van der Waals surface area contributed by atoms with Crippen LogP contribution in [-0.4, -0.2) is 17.1 Å². The van der Waals surface area contributed by atoms with Crippen LogP contribution in [0.4, 0.5) is 0 Å². The van der Waals surface area contributed by atoms with Gasteiger partial charge in [-0.2, -0.15) is 0 Å². The van der Waals surface area contributed by atoms with Crippen molar-refractivity contribution in [1.82, 2.24) is 0 Å². The fourth-order valence-electron chi connectivity index (χ4n) is 2.86. The molecule has 68 valence electrons. The monoisotopic (exact) mass is 169 g/mol. The van der Waals surface area contributed by atoms with Crippen LogP contribution in [0.5, 0.6) is 0 Å². The molecule has 0 aromatic carbocycles. The van der Waals surface area contributed by atoms with Crippen molar-refractivity contribution in [2.45, 2.75) is 31.7 Å². The van der Waals surface area contributed by atoms with E-state index in [9.17, 15) is 4.79 Å². The molecule has 3 nitrogen and oxygen atoms in total. The number of hydrogen-bond acceptors (Lipinski definition) is 2. The molecule has 0 saturated heterocycles. The maximum atomic E-state index is 10.9. The van der Waals surface area contributed by atoms with Gasteiger partial charge in [-0.1, -0.05) is 0 Å². The first kappa shape index (κ1) is 8.05. The summed E-state index contributed by atoms with van der Waals surface area (Å²) in [5, 5.41) is 8.95. The lowest BCUT2D eigenvalue weighted by Gasteiger charge is -2.45. The molecule has 12 heavy (non-hydrogen) atoms. The lowest BCUT2D eigenvalue weighted by molar-refractivity contribution is -0.148. The van der Waals surface area contributed by atoms with E-state index in [4.69, 9.17) is 10.8 Å². The Morgan fingerprint density at radius 3 is 2.00 bits per heavy atom. The first-order valence-electron chi connectivity index (χ1n) is 4.68. The smallest absolute Gasteiger partial charge is 0.308 e. The van der Waals surface area contributed by atoms with E-state index < -0.39 is 5.97 Å². The van der Waals surface area contributed by atoms with Gasteiger partial charge in [0.1, 0.15) is 0 Å². The summed E-state index contributed by atoms with van der Waals surface area (Å²) in [6, 6.07) is -0.0741. The van der Waals surface area contributed by atoms with E-state index in [0.717, 1.165) is 25.7 Å². The summed E-state index contributed by atoms with van der Waals surface area (Å²) in [5.41, 5.74) is 5.88. The number of carbonyl (C=O) groups is 1. The van der Waals surface area contributed by atoms with Gasteiger partial charge >= 0.3 is 5.97 Å². The van der Waals surface area contributed by atoms with Crippen molar-refractivity contribution in [2.24, 2.45) is 23.5 Å². The summed E-state index contributed by atoms with van der Waals surface area (Å²) in [6.45, 7) is 0. The van der Waals surface area contributed by atoms with Crippen LogP contribution in [0.2, 0.25) is 0 Å². The SMILES string of the molecule is N[C@H]1C2CCC(CC2)C1C(=O)O. The molecule has 3 N–H and O–H groups in total. The molecule has 0 amide bonds. The highest BCUT2D eigenvalue weighted by molar-refractivity contribution is 5.71. The lowest BCUT2D eigenvalue weighted by Crippen LogP contribution is -2.52. The average Bonchev–Trinajstić information content (AvgIpc) is 2.05. The second kappa shape index (κ2) is 2.73. The van der Waals surface area contributed by atoms with E-state index >= 15 is 0 Å². The molecule has 1 unspecified atom stereocenters. The first-order chi connectivity index (χ1) is 5.70. The second-order valence-corrected chi connectivity index (χ2v) is 4.12. The Morgan fingerprint density at radius 1 is 1.17 bits per heavy atom. The van der Waals surface area contributed by atoms with Crippen molar-refractivity contribution in [2.75, 3.05) is 0 Å². The minimum atomic E-state index is -0.683. The minimum Gasteiger partial charge on any atom is -0.481 e. The number of aliphatic carboxylic acids is 1. The predicted octanol–water partition coefficient (Wildman–Crippen LogP) is 0.834. The third-order valence-corrected chi connectivity index (χ3v) is 3.57. The third kappa shape index (κ3) is 1.04. The van der Waals surface area contributed by atoms with Crippen LogP contribution in [-0.2, 0) is 4.79 Å². The number of carboxylic acids is 1. The maximum absolute atomic E-state index is 10.9. The Kier molecular flexibility index (Phi) is 1.83. The molecule has 3 heteroatoms. The summed E-state index contributed by atoms with van der Waals surface area (Å²) >= 11 is 0. The Bertz CT molecular complexity index is 195. The van der Waals surface area contributed by atoms with Gasteiger partial charge in [0.25, 0.3) is 0 Å². The van der Waals surface area contributed by atoms with Gasteiger partial charge < -0.3 is 10.8 Å². The predicted molar refractivity (Wildman–Crippen MR) is 44.5 cm³/mol. The molecule has 3 rings (SSSR count). The molecule has 0 aromatic heterocycles. The zero-order chi connectivity index (χ0) is 8.72. The van der Waals surface area contributed by atoms with Gasteiger partial charge in [0.05, 0.1) is 5.92 Å². The normalized spacial score (nSPS) is 46.1. The Labute approximate surface area is 71.9 Å². The standard InChI is InChI=1S/C9H15NO2/c10-8-6-3-1-5(2-4-6)7(8)9(11)12/h5-8H,1-4,10H2,(H,11,12)/t5?,6?,7?,8-/m0/s1. The Balaban J connectivity index is 2.18. The first-order valence-corrected chi connectivity index (χ1v) is 4.68. The fourth-order valence-corrected chi connectivity index (χ4v) is 2.86. The van der Waals surface area contributed by atoms with Crippen LogP contribution in [0.1, 0.15) is 25.7 Å². The van der Waals surface area contributed by atoms with E-state index in [0.29, 0.717) is 11.8 Å². The topological polar surface area (TPSA) is 63.3 Å². The quantitative estimate of drug-likeness (QED) is 0.611. The van der Waals surface area contributed by atoms with Crippen molar-refractivity contribution >= 4 is 5.97 Å². The molecule has 3 fully saturated rings. The number of carboxylic acid groups (broad SMARTS) is 1. The van der Waals surface area contributed by atoms with E-state index in [2.05, 4.69) is 0 Å². The number of fused-ring (bicyclic) bond motifs is 3. The van der Waals surface area contributed by atoms with E-state index in [1.165, 1.54) is 0 Å². The highest BCUT2D eigenvalue weighted by Crippen LogP contribution is 2.44. The summed E-state index contributed by atoms with van der Waals surface area (Å²) in [4.78, 5) is 10.9. The Morgan fingerprint density at radius 2 is 1.67 bits per heavy atom. The summed E-state index contributed by atoms with van der Waals surface area (Å²) in [7, 11) is 0. The molecule has 0 aromatic rings. The molecule has 2 bridgehead atoms. The van der Waals surface area contributed by atoms with Crippen LogP contribution in [0, 0.1) is 17.8 Å². The van der Waals surface area contributed by atoms with E-state index in [1.807, 2.05) is 0 Å². The largest absolute Gasteiger partial charge is 0.481 e. The third-order valence-electron chi connectivity index (χ3n) is 3.57. The highest BCUT2D eigenvalue weighted by atomic mass is 16.4. The molecular formula is C9H15NO2. The van der Waals surface area contributed by atoms with Gasteiger partial charge in [0.15, 0.2) is 0 Å². The zero-order valence-corrected chi connectivity index (χ0v) is 7.07. The highest BCUT2D eigenvalue weighted by Gasteiger charge is 2.45. The summed E-state index contributed by atoms with van der Waals surface area (Å²) in [5.74, 6) is -0.0898. The van der Waals surface area contributed by atoms with E-state index in [1.54, 1.807) is 0 Å². The van der Waals surface area contributed by atoms with Crippen molar-refractivity contribution in [3.8, 4) is 0 Å². The number of hydrogen-bond donors (Lipinski definition) is 2. The van der Waals surface area contributed by atoms with Crippen molar-refractivity contribution in [3.63, 3.8) is 0 Å². The molecule has 0 radical (unpaired) electrons. The maximum Gasteiger partial charge on any atom is 0.308 e.